The molecule has 0 saturated carbocycles. The predicted molar refractivity (Wildman–Crippen MR) is 150 cm³/mol. The van der Waals surface area contributed by atoms with Crippen LogP contribution < -0.4 is 9.64 Å². The lowest BCUT2D eigenvalue weighted by molar-refractivity contribution is -0.135. The van der Waals surface area contributed by atoms with Crippen molar-refractivity contribution in [3.8, 4) is 17.0 Å². The lowest BCUT2D eigenvalue weighted by atomic mass is 9.79. The van der Waals surface area contributed by atoms with E-state index in [1.165, 1.54) is 18.3 Å². The molecule has 10 heteroatoms. The van der Waals surface area contributed by atoms with Crippen LogP contribution >= 0.6 is 0 Å². The summed E-state index contributed by atoms with van der Waals surface area (Å²) in [6.07, 6.45) is 2.08. The highest BCUT2D eigenvalue weighted by molar-refractivity contribution is 6.49. The van der Waals surface area contributed by atoms with Crippen LogP contribution in [0, 0.1) is 11.8 Å². The molecule has 2 fully saturated rings. The Morgan fingerprint density at radius 2 is 1.61 bits per heavy atom. The van der Waals surface area contributed by atoms with Crippen molar-refractivity contribution in [2.75, 3.05) is 25.1 Å². The Bertz CT molecular complexity index is 1420. The Kier molecular flexibility index (Phi) is 7.66. The summed E-state index contributed by atoms with van der Waals surface area (Å²) in [6.45, 7) is 6.22. The Morgan fingerprint density at radius 1 is 0.951 bits per heavy atom. The van der Waals surface area contributed by atoms with E-state index >= 15 is 0 Å². The number of aromatic nitrogens is 1. The van der Waals surface area contributed by atoms with Crippen molar-refractivity contribution >= 4 is 29.3 Å². The van der Waals surface area contributed by atoms with E-state index in [4.69, 9.17) is 14.0 Å². The van der Waals surface area contributed by atoms with Gasteiger partial charge in [0.05, 0.1) is 13.2 Å². The Hall–Kier alpha value is -4.47. The summed E-state index contributed by atoms with van der Waals surface area (Å²) in [6, 6.07) is 14.6. The second-order valence-corrected chi connectivity index (χ2v) is 11.3. The van der Waals surface area contributed by atoms with Gasteiger partial charge < -0.3 is 23.8 Å². The van der Waals surface area contributed by atoms with Gasteiger partial charge in [-0.25, -0.2) is 4.79 Å². The van der Waals surface area contributed by atoms with E-state index in [0.717, 1.165) is 5.56 Å². The van der Waals surface area contributed by atoms with Crippen LogP contribution in [0.15, 0.2) is 65.4 Å². The molecule has 2 saturated heterocycles. The van der Waals surface area contributed by atoms with Crippen molar-refractivity contribution < 1.29 is 33.2 Å². The number of carbonyl (C=O) groups excluding carboxylic acids is 4. The van der Waals surface area contributed by atoms with E-state index in [-0.39, 0.29) is 5.92 Å². The number of carbonyl (C=O) groups is 4. The van der Waals surface area contributed by atoms with E-state index in [0.29, 0.717) is 48.6 Å². The Labute approximate surface area is 238 Å². The summed E-state index contributed by atoms with van der Waals surface area (Å²) in [5.41, 5.74) is 1.65. The molecule has 0 radical (unpaired) electrons. The highest BCUT2D eigenvalue weighted by atomic mass is 16.6. The Morgan fingerprint density at radius 3 is 2.17 bits per heavy atom. The molecule has 10 nitrogen and oxygen atoms in total. The number of ketones is 2. The maximum Gasteiger partial charge on any atom is 0.410 e. The minimum atomic E-state index is -1.18. The third-order valence-electron chi connectivity index (χ3n) is 7.56. The molecule has 1 aromatic heterocycles. The van der Waals surface area contributed by atoms with Crippen LogP contribution in [0.1, 0.15) is 44.0 Å². The summed E-state index contributed by atoms with van der Waals surface area (Å²) in [7, 11) is 1.53. The second kappa shape index (κ2) is 11.2. The normalized spacial score (nSPS) is 19.9. The van der Waals surface area contributed by atoms with E-state index < -0.39 is 41.1 Å². The zero-order valence-electron chi connectivity index (χ0n) is 23.5. The van der Waals surface area contributed by atoms with Gasteiger partial charge in [-0.3, -0.25) is 14.4 Å². The van der Waals surface area contributed by atoms with Crippen LogP contribution in [0.25, 0.3) is 11.3 Å². The molecule has 3 aromatic rings. The fraction of sp³-hybridized carbons (Fsp3) is 0.387. The van der Waals surface area contributed by atoms with Crippen LogP contribution in [0.5, 0.6) is 5.75 Å². The van der Waals surface area contributed by atoms with Gasteiger partial charge in [-0.1, -0.05) is 17.3 Å². The second-order valence-electron chi connectivity index (χ2n) is 11.3. The van der Waals surface area contributed by atoms with Gasteiger partial charge in [0.2, 0.25) is 5.78 Å². The molecular weight excluding hydrogens is 526 g/mol. The topological polar surface area (TPSA) is 119 Å². The predicted octanol–water partition coefficient (Wildman–Crippen LogP) is 4.78. The minimum absolute atomic E-state index is 0.202. The standard InChI is InChI=1S/C31H33N3O7/c1-31(2,3)41-30(38)33-16-13-20(14-17-33)26-25(27(35)21-7-11-23(39-4)12-8-21)28(36)29(37)34(26)22-9-5-19(6-10-22)24-15-18-40-32-24/h5-12,15,18,20,25-26H,13-14,16-17H2,1-4H3. The first-order valence-electron chi connectivity index (χ1n) is 13.6. The highest BCUT2D eigenvalue weighted by Gasteiger charge is 2.54. The molecule has 0 bridgehead atoms. The van der Waals surface area contributed by atoms with Crippen molar-refractivity contribution in [2.45, 2.75) is 45.3 Å². The molecule has 0 spiro atoms. The highest BCUT2D eigenvalue weighted by Crippen LogP contribution is 2.39. The molecule has 214 valence electrons. The number of anilines is 1. The van der Waals surface area contributed by atoms with Gasteiger partial charge in [-0.2, -0.15) is 0 Å². The third-order valence-corrected chi connectivity index (χ3v) is 7.56. The number of ether oxygens (including phenoxy) is 2. The summed E-state index contributed by atoms with van der Waals surface area (Å²) >= 11 is 0. The molecule has 2 atom stereocenters. The van der Waals surface area contributed by atoms with Crippen LogP contribution in [-0.2, 0) is 14.3 Å². The Balaban J connectivity index is 1.46. The minimum Gasteiger partial charge on any atom is -0.497 e. The maximum absolute atomic E-state index is 13.8. The lowest BCUT2D eigenvalue weighted by Crippen LogP contribution is -2.49. The number of benzene rings is 2. The average Bonchev–Trinajstić information content (AvgIpc) is 3.59. The zero-order chi connectivity index (χ0) is 29.3. The van der Waals surface area contributed by atoms with Crippen molar-refractivity contribution in [3.05, 3.63) is 66.4 Å². The number of Topliss-reactive ketones (excluding diaryl/α,β-unsaturated/α-hetero) is 2. The number of nitrogens with zero attached hydrogens (tertiary/aromatic N) is 3. The monoisotopic (exact) mass is 559 g/mol. The van der Waals surface area contributed by atoms with Gasteiger partial charge in [-0.15, -0.1) is 0 Å². The number of rotatable bonds is 6. The molecule has 2 aliphatic rings. The number of amides is 2. The van der Waals surface area contributed by atoms with E-state index in [1.807, 2.05) is 20.8 Å². The fourth-order valence-corrected chi connectivity index (χ4v) is 5.58. The quantitative estimate of drug-likeness (QED) is 0.240. The molecule has 0 N–H and O–H groups in total. The molecule has 0 aliphatic carbocycles. The molecule has 2 unspecified atom stereocenters. The zero-order valence-corrected chi connectivity index (χ0v) is 23.5. The fourth-order valence-electron chi connectivity index (χ4n) is 5.58. The maximum atomic E-state index is 13.8. The van der Waals surface area contributed by atoms with Gasteiger partial charge in [0, 0.05) is 36.0 Å². The smallest absolute Gasteiger partial charge is 0.410 e. The average molecular weight is 560 g/mol. The van der Waals surface area contributed by atoms with Crippen molar-refractivity contribution in [1.82, 2.24) is 10.1 Å². The van der Waals surface area contributed by atoms with Gasteiger partial charge in [-0.05, 0) is 75.9 Å². The van der Waals surface area contributed by atoms with E-state index in [1.54, 1.807) is 59.5 Å². The van der Waals surface area contributed by atoms with E-state index in [2.05, 4.69) is 5.16 Å². The van der Waals surface area contributed by atoms with Crippen molar-refractivity contribution in [2.24, 2.45) is 11.8 Å². The molecule has 2 aliphatic heterocycles. The number of likely N-dealkylation sites (tertiary alicyclic amines) is 1. The number of piperidine rings is 1. The molecule has 2 aromatic carbocycles. The van der Waals surface area contributed by atoms with Gasteiger partial charge in [0.25, 0.3) is 5.91 Å². The van der Waals surface area contributed by atoms with E-state index in [9.17, 15) is 19.2 Å². The number of methoxy groups -OCH3 is 1. The molecule has 5 rings (SSSR count). The summed E-state index contributed by atoms with van der Waals surface area (Å²) in [4.78, 5) is 56.7. The number of hydrogen-bond donors (Lipinski definition) is 0. The number of hydrogen-bond acceptors (Lipinski definition) is 8. The van der Waals surface area contributed by atoms with Crippen LogP contribution in [0.4, 0.5) is 10.5 Å². The first-order valence-corrected chi connectivity index (χ1v) is 13.6. The first kappa shape index (κ1) is 28.1. The van der Waals surface area contributed by atoms with Crippen LogP contribution in [0.3, 0.4) is 0 Å². The van der Waals surface area contributed by atoms with Crippen molar-refractivity contribution in [3.63, 3.8) is 0 Å². The van der Waals surface area contributed by atoms with Crippen molar-refractivity contribution in [1.29, 1.82) is 0 Å². The largest absolute Gasteiger partial charge is 0.497 e. The van der Waals surface area contributed by atoms with Crippen LogP contribution in [-0.4, -0.2) is 65.5 Å². The van der Waals surface area contributed by atoms with Gasteiger partial charge in [0.1, 0.15) is 29.2 Å². The summed E-state index contributed by atoms with van der Waals surface area (Å²) in [5, 5.41) is 3.95. The summed E-state index contributed by atoms with van der Waals surface area (Å²) in [5.74, 6) is -2.66. The molecular formula is C31H33N3O7. The van der Waals surface area contributed by atoms with Crippen LogP contribution in [0.2, 0.25) is 0 Å². The molecule has 41 heavy (non-hydrogen) atoms. The molecule has 3 heterocycles. The first-order chi connectivity index (χ1) is 19.6. The molecule has 2 amide bonds. The lowest BCUT2D eigenvalue weighted by Gasteiger charge is -2.39. The third kappa shape index (κ3) is 5.73. The van der Waals surface area contributed by atoms with Gasteiger partial charge in [0.15, 0.2) is 5.78 Å². The summed E-state index contributed by atoms with van der Waals surface area (Å²) < 4.78 is 15.7. The SMILES string of the molecule is COc1ccc(C(=O)C2C(=O)C(=O)N(c3ccc(-c4ccon4)cc3)C2C2CCN(C(=O)OC(C)(C)C)CC2)cc1. The van der Waals surface area contributed by atoms with Gasteiger partial charge >= 0.3 is 6.09 Å².